The Labute approximate surface area is 189 Å². The number of para-hydroxylation sites is 1. The zero-order chi connectivity index (χ0) is 23.3. The number of anilines is 2. The van der Waals surface area contributed by atoms with Gasteiger partial charge in [-0.15, -0.1) is 0 Å². The summed E-state index contributed by atoms with van der Waals surface area (Å²) in [5.74, 6) is -0.203. The van der Waals surface area contributed by atoms with Crippen molar-refractivity contribution in [2.75, 3.05) is 23.3 Å². The molecule has 1 N–H and O–H groups in total. The summed E-state index contributed by atoms with van der Waals surface area (Å²) in [4.78, 5) is 13.0. The van der Waals surface area contributed by atoms with Crippen LogP contribution in [0.4, 0.5) is 11.4 Å². The number of amides is 1. The molecule has 0 fully saturated rings. The van der Waals surface area contributed by atoms with Crippen molar-refractivity contribution >= 4 is 27.3 Å². The zero-order valence-corrected chi connectivity index (χ0v) is 19.6. The third-order valence-corrected chi connectivity index (χ3v) is 6.96. The molecule has 0 heterocycles. The van der Waals surface area contributed by atoms with E-state index in [4.69, 9.17) is 4.74 Å². The molecule has 6 nitrogen and oxygen atoms in total. The Bertz CT molecular complexity index is 1200. The van der Waals surface area contributed by atoms with Gasteiger partial charge in [-0.25, -0.2) is 8.42 Å². The minimum Gasteiger partial charge on any atom is -0.495 e. The van der Waals surface area contributed by atoms with E-state index in [0.29, 0.717) is 11.4 Å². The lowest BCUT2D eigenvalue weighted by molar-refractivity contribution is -0.114. The monoisotopic (exact) mass is 452 g/mol. The molecule has 1 amide bonds. The molecule has 0 unspecified atom stereocenters. The summed E-state index contributed by atoms with van der Waals surface area (Å²) in [7, 11) is -2.66. The topological polar surface area (TPSA) is 75.7 Å². The smallest absolute Gasteiger partial charge is 0.268 e. The van der Waals surface area contributed by atoms with Crippen LogP contribution in [0.3, 0.4) is 0 Å². The fraction of sp³-hybridized carbons (Fsp3) is 0.240. The van der Waals surface area contributed by atoms with Gasteiger partial charge in [0, 0.05) is 5.69 Å². The van der Waals surface area contributed by atoms with E-state index >= 15 is 0 Å². The number of ether oxygens (including phenoxy) is 1. The number of hydrogen-bond donors (Lipinski definition) is 1. The fourth-order valence-electron chi connectivity index (χ4n) is 3.40. The minimum absolute atomic E-state index is 0.0160. The molecule has 0 aromatic heterocycles. The molecule has 7 heteroatoms. The van der Waals surface area contributed by atoms with E-state index in [-0.39, 0.29) is 17.2 Å². The maximum absolute atomic E-state index is 13.7. The Morgan fingerprint density at radius 1 is 0.969 bits per heavy atom. The maximum atomic E-state index is 13.7. The number of nitrogens with one attached hydrogen (secondary N) is 1. The van der Waals surface area contributed by atoms with Crippen LogP contribution in [0.1, 0.15) is 23.6 Å². The highest BCUT2D eigenvalue weighted by molar-refractivity contribution is 7.93. The highest BCUT2D eigenvalue weighted by Gasteiger charge is 2.30. The highest BCUT2D eigenvalue weighted by atomic mass is 32.2. The molecule has 0 aliphatic heterocycles. The number of benzene rings is 3. The second-order valence-corrected chi connectivity index (χ2v) is 9.39. The van der Waals surface area contributed by atoms with Gasteiger partial charge in [-0.3, -0.25) is 9.10 Å². The standard InChI is InChI=1S/C25H28N2O4S/c1-5-20-8-6-7-9-22(20)26-25(28)17-27(21-13-10-18(2)11-14-21)32(29,30)24-16-19(3)12-15-23(24)31-4/h6-16H,5,17H2,1-4H3,(H,26,28). The lowest BCUT2D eigenvalue weighted by Gasteiger charge is -2.25. The van der Waals surface area contributed by atoms with E-state index in [9.17, 15) is 13.2 Å². The summed E-state index contributed by atoms with van der Waals surface area (Å²) in [6.07, 6.45) is 0.747. The molecule has 0 saturated heterocycles. The number of aryl methyl sites for hydroxylation is 3. The third kappa shape index (κ3) is 5.11. The Balaban J connectivity index is 2.02. The predicted molar refractivity (Wildman–Crippen MR) is 128 cm³/mol. The molecule has 0 saturated carbocycles. The summed E-state index contributed by atoms with van der Waals surface area (Å²) in [5, 5.41) is 2.86. The van der Waals surface area contributed by atoms with Gasteiger partial charge in [0.1, 0.15) is 17.2 Å². The van der Waals surface area contributed by atoms with Crippen LogP contribution < -0.4 is 14.4 Å². The van der Waals surface area contributed by atoms with Gasteiger partial charge in [-0.2, -0.15) is 0 Å². The van der Waals surface area contributed by atoms with Crippen molar-refractivity contribution in [1.82, 2.24) is 0 Å². The molecular weight excluding hydrogens is 424 g/mol. The van der Waals surface area contributed by atoms with E-state index < -0.39 is 15.9 Å². The molecule has 0 bridgehead atoms. The average Bonchev–Trinajstić information content (AvgIpc) is 2.78. The van der Waals surface area contributed by atoms with Crippen LogP contribution in [0.2, 0.25) is 0 Å². The van der Waals surface area contributed by atoms with Crippen LogP contribution in [0.25, 0.3) is 0 Å². The first kappa shape index (κ1) is 23.3. The molecule has 3 rings (SSSR count). The van der Waals surface area contributed by atoms with Gasteiger partial charge in [-0.05, 0) is 61.7 Å². The van der Waals surface area contributed by atoms with Crippen LogP contribution in [0.5, 0.6) is 5.75 Å². The van der Waals surface area contributed by atoms with Crippen molar-refractivity contribution in [1.29, 1.82) is 0 Å². The van der Waals surface area contributed by atoms with E-state index in [0.717, 1.165) is 27.4 Å². The molecule has 0 spiro atoms. The Hall–Kier alpha value is -3.32. The van der Waals surface area contributed by atoms with Crippen molar-refractivity contribution in [3.8, 4) is 5.75 Å². The lowest BCUT2D eigenvalue weighted by atomic mass is 10.1. The number of hydrogen-bond acceptors (Lipinski definition) is 4. The fourth-order valence-corrected chi connectivity index (χ4v) is 5.07. The summed E-state index contributed by atoms with van der Waals surface area (Å²) in [6, 6.07) is 19.5. The molecule has 3 aromatic carbocycles. The normalized spacial score (nSPS) is 11.1. The zero-order valence-electron chi connectivity index (χ0n) is 18.8. The van der Waals surface area contributed by atoms with Crippen LogP contribution in [0.15, 0.2) is 71.6 Å². The molecule has 3 aromatic rings. The molecule has 0 radical (unpaired) electrons. The second kappa shape index (κ2) is 9.87. The third-order valence-electron chi connectivity index (χ3n) is 5.17. The average molecular weight is 453 g/mol. The summed E-state index contributed by atoms with van der Waals surface area (Å²) < 4.78 is 33.9. The van der Waals surface area contributed by atoms with Crippen LogP contribution in [-0.2, 0) is 21.2 Å². The van der Waals surface area contributed by atoms with Crippen LogP contribution in [-0.4, -0.2) is 28.0 Å². The van der Waals surface area contributed by atoms with Crippen molar-refractivity contribution in [3.05, 3.63) is 83.4 Å². The number of methoxy groups -OCH3 is 1. The molecule has 0 aliphatic carbocycles. The highest BCUT2D eigenvalue weighted by Crippen LogP contribution is 2.31. The summed E-state index contributed by atoms with van der Waals surface area (Å²) >= 11 is 0. The van der Waals surface area contributed by atoms with E-state index in [1.165, 1.54) is 7.11 Å². The number of carbonyl (C=O) groups excluding carboxylic acids is 1. The number of rotatable bonds is 8. The van der Waals surface area contributed by atoms with Gasteiger partial charge in [-0.1, -0.05) is 48.9 Å². The molecule has 168 valence electrons. The summed E-state index contributed by atoms with van der Waals surface area (Å²) in [5.41, 5.74) is 3.81. The van der Waals surface area contributed by atoms with E-state index in [1.54, 1.807) is 30.3 Å². The first-order valence-corrected chi connectivity index (χ1v) is 11.8. The van der Waals surface area contributed by atoms with Gasteiger partial charge < -0.3 is 10.1 Å². The van der Waals surface area contributed by atoms with Gasteiger partial charge in [0.15, 0.2) is 0 Å². The molecule has 0 aliphatic rings. The quantitative estimate of drug-likeness (QED) is 0.537. The van der Waals surface area contributed by atoms with Crippen LogP contribution >= 0.6 is 0 Å². The largest absolute Gasteiger partial charge is 0.495 e. The number of nitrogens with zero attached hydrogens (tertiary/aromatic N) is 1. The second-order valence-electron chi connectivity index (χ2n) is 7.56. The van der Waals surface area contributed by atoms with Gasteiger partial charge >= 0.3 is 0 Å². The first-order chi connectivity index (χ1) is 15.3. The van der Waals surface area contributed by atoms with E-state index in [1.807, 2.05) is 57.2 Å². The Morgan fingerprint density at radius 3 is 2.28 bits per heavy atom. The minimum atomic E-state index is -4.09. The predicted octanol–water partition coefficient (Wildman–Crippen LogP) is 4.71. The van der Waals surface area contributed by atoms with Crippen molar-refractivity contribution in [2.45, 2.75) is 32.1 Å². The van der Waals surface area contributed by atoms with Gasteiger partial charge in [0.2, 0.25) is 5.91 Å². The lowest BCUT2D eigenvalue weighted by Crippen LogP contribution is -2.38. The maximum Gasteiger partial charge on any atom is 0.268 e. The molecule has 0 atom stereocenters. The van der Waals surface area contributed by atoms with Crippen LogP contribution in [0, 0.1) is 13.8 Å². The van der Waals surface area contributed by atoms with Crippen molar-refractivity contribution in [3.63, 3.8) is 0 Å². The Kier molecular flexibility index (Phi) is 7.20. The van der Waals surface area contributed by atoms with E-state index in [2.05, 4.69) is 5.32 Å². The molecule has 32 heavy (non-hydrogen) atoms. The Morgan fingerprint density at radius 2 is 1.62 bits per heavy atom. The van der Waals surface area contributed by atoms with Crippen molar-refractivity contribution < 1.29 is 17.9 Å². The SMILES string of the molecule is CCc1ccccc1NC(=O)CN(c1ccc(C)cc1)S(=O)(=O)c1cc(C)ccc1OC. The van der Waals surface area contributed by atoms with Gasteiger partial charge in [0.05, 0.1) is 12.8 Å². The number of carbonyl (C=O) groups is 1. The molecular formula is C25H28N2O4S. The van der Waals surface area contributed by atoms with Crippen molar-refractivity contribution in [2.24, 2.45) is 0 Å². The first-order valence-electron chi connectivity index (χ1n) is 10.4. The van der Waals surface area contributed by atoms with Gasteiger partial charge in [0.25, 0.3) is 10.0 Å². The summed E-state index contributed by atoms with van der Waals surface area (Å²) in [6.45, 7) is 5.35. The number of sulfonamides is 1.